The zero-order valence-electron chi connectivity index (χ0n) is 12.6. The summed E-state index contributed by atoms with van der Waals surface area (Å²) < 4.78 is 0. The van der Waals surface area contributed by atoms with Gasteiger partial charge >= 0.3 is 0 Å². The van der Waals surface area contributed by atoms with E-state index in [-0.39, 0.29) is 0 Å². The lowest BCUT2D eigenvalue weighted by molar-refractivity contribution is -1.02. The fraction of sp³-hybridized carbons (Fsp3) is 0.647. The molecule has 1 fully saturated rings. The van der Waals surface area contributed by atoms with Crippen molar-refractivity contribution < 1.29 is 9.80 Å². The van der Waals surface area contributed by atoms with Gasteiger partial charge in [0.25, 0.3) is 0 Å². The normalized spacial score (nSPS) is 25.2. The maximum Gasteiger partial charge on any atom is 0.127 e. The standard InChI is InChI=1S/C17H28N2/c1-3-16(2)19-14-12-18(13-15-19)11-7-10-17-8-5-4-6-9-17/h4-6,8-9,16H,3,7,10-15H2,1-2H3/p+2/t16-/m0/s1. The quantitative estimate of drug-likeness (QED) is 0.725. The monoisotopic (exact) mass is 262 g/mol. The van der Waals surface area contributed by atoms with Gasteiger partial charge < -0.3 is 9.80 Å². The molecule has 1 aliphatic rings. The summed E-state index contributed by atoms with van der Waals surface area (Å²) in [6.45, 7) is 11.5. The Balaban J connectivity index is 1.63. The molecule has 19 heavy (non-hydrogen) atoms. The molecule has 0 amide bonds. The van der Waals surface area contributed by atoms with Crippen molar-refractivity contribution in [1.29, 1.82) is 0 Å². The Hall–Kier alpha value is -0.860. The molecule has 0 unspecified atom stereocenters. The number of rotatable bonds is 6. The molecule has 2 heteroatoms. The zero-order valence-corrected chi connectivity index (χ0v) is 12.6. The van der Waals surface area contributed by atoms with E-state index in [2.05, 4.69) is 44.2 Å². The van der Waals surface area contributed by atoms with Crippen LogP contribution in [0.4, 0.5) is 0 Å². The molecule has 0 spiro atoms. The van der Waals surface area contributed by atoms with Crippen molar-refractivity contribution in [3.05, 3.63) is 35.9 Å². The number of quaternary nitrogens is 2. The van der Waals surface area contributed by atoms with Crippen LogP contribution in [0.1, 0.15) is 32.3 Å². The number of piperazine rings is 1. The van der Waals surface area contributed by atoms with Crippen LogP contribution >= 0.6 is 0 Å². The second kappa shape index (κ2) is 7.66. The average molecular weight is 262 g/mol. The number of aryl methyl sites for hydroxylation is 1. The van der Waals surface area contributed by atoms with Crippen LogP contribution in [0.15, 0.2) is 30.3 Å². The van der Waals surface area contributed by atoms with E-state index in [1.165, 1.54) is 57.5 Å². The van der Waals surface area contributed by atoms with Crippen LogP contribution < -0.4 is 9.80 Å². The molecule has 1 aromatic rings. The first-order chi connectivity index (χ1) is 9.29. The Morgan fingerprint density at radius 1 is 1.05 bits per heavy atom. The second-order valence-corrected chi connectivity index (χ2v) is 6.06. The molecule has 1 atom stereocenters. The van der Waals surface area contributed by atoms with E-state index in [9.17, 15) is 0 Å². The predicted molar refractivity (Wildman–Crippen MR) is 80.8 cm³/mol. The Labute approximate surface area is 118 Å². The van der Waals surface area contributed by atoms with Crippen LogP contribution in [0.25, 0.3) is 0 Å². The number of nitrogens with one attached hydrogen (secondary N) is 2. The van der Waals surface area contributed by atoms with Gasteiger partial charge in [0, 0.05) is 6.42 Å². The third-order valence-corrected chi connectivity index (χ3v) is 4.75. The minimum absolute atomic E-state index is 0.853. The van der Waals surface area contributed by atoms with Crippen LogP contribution in [0.3, 0.4) is 0 Å². The molecule has 2 N–H and O–H groups in total. The Bertz CT molecular complexity index is 342. The third kappa shape index (κ3) is 4.63. The van der Waals surface area contributed by atoms with Crippen molar-refractivity contribution in [2.24, 2.45) is 0 Å². The van der Waals surface area contributed by atoms with Crippen LogP contribution in [-0.2, 0) is 6.42 Å². The summed E-state index contributed by atoms with van der Waals surface area (Å²) in [5, 5.41) is 0. The van der Waals surface area contributed by atoms with Gasteiger partial charge in [-0.05, 0) is 25.3 Å². The van der Waals surface area contributed by atoms with Crippen molar-refractivity contribution in [2.75, 3.05) is 32.7 Å². The smallest absolute Gasteiger partial charge is 0.127 e. The lowest BCUT2D eigenvalue weighted by atomic mass is 10.1. The zero-order chi connectivity index (χ0) is 13.5. The van der Waals surface area contributed by atoms with E-state index in [0.717, 1.165) is 6.04 Å². The highest BCUT2D eigenvalue weighted by Crippen LogP contribution is 2.00. The van der Waals surface area contributed by atoms with Crippen LogP contribution in [0.2, 0.25) is 0 Å². The summed E-state index contributed by atoms with van der Waals surface area (Å²) in [7, 11) is 0. The molecular weight excluding hydrogens is 232 g/mol. The topological polar surface area (TPSA) is 8.88 Å². The summed E-state index contributed by atoms with van der Waals surface area (Å²) in [5.74, 6) is 0. The number of benzene rings is 1. The van der Waals surface area contributed by atoms with Gasteiger partial charge in [0.05, 0.1) is 12.6 Å². The first kappa shape index (κ1) is 14.5. The van der Waals surface area contributed by atoms with E-state index in [4.69, 9.17) is 0 Å². The lowest BCUT2D eigenvalue weighted by Crippen LogP contribution is -3.29. The first-order valence-corrected chi connectivity index (χ1v) is 8.01. The summed E-state index contributed by atoms with van der Waals surface area (Å²) in [4.78, 5) is 3.65. The predicted octanol–water partition coefficient (Wildman–Crippen LogP) is 0.201. The van der Waals surface area contributed by atoms with Crippen molar-refractivity contribution in [1.82, 2.24) is 0 Å². The largest absolute Gasteiger partial charge is 0.326 e. The van der Waals surface area contributed by atoms with Gasteiger partial charge in [0.15, 0.2) is 0 Å². The Kier molecular flexibility index (Phi) is 5.87. The van der Waals surface area contributed by atoms with Crippen LogP contribution in [-0.4, -0.2) is 38.8 Å². The molecule has 2 nitrogen and oxygen atoms in total. The van der Waals surface area contributed by atoms with Gasteiger partial charge in [-0.1, -0.05) is 37.3 Å². The minimum Gasteiger partial charge on any atom is -0.326 e. The van der Waals surface area contributed by atoms with Gasteiger partial charge in [0.2, 0.25) is 0 Å². The Morgan fingerprint density at radius 3 is 2.37 bits per heavy atom. The molecule has 0 aromatic heterocycles. The fourth-order valence-electron chi connectivity index (χ4n) is 3.14. The van der Waals surface area contributed by atoms with E-state index in [1.807, 2.05) is 9.80 Å². The van der Waals surface area contributed by atoms with Crippen molar-refractivity contribution in [3.8, 4) is 0 Å². The molecule has 1 saturated heterocycles. The number of hydrogen-bond acceptors (Lipinski definition) is 0. The highest BCUT2D eigenvalue weighted by atomic mass is 15.3. The molecular formula is C17H30N2+2. The number of hydrogen-bond donors (Lipinski definition) is 2. The molecule has 106 valence electrons. The molecule has 0 radical (unpaired) electrons. The molecule has 1 aromatic carbocycles. The lowest BCUT2D eigenvalue weighted by Gasteiger charge is -2.33. The first-order valence-electron chi connectivity index (χ1n) is 8.01. The summed E-state index contributed by atoms with van der Waals surface area (Å²) in [5.41, 5.74) is 1.49. The molecule has 1 aliphatic heterocycles. The van der Waals surface area contributed by atoms with Gasteiger partial charge in [-0.3, -0.25) is 0 Å². The van der Waals surface area contributed by atoms with Crippen molar-refractivity contribution in [3.63, 3.8) is 0 Å². The van der Waals surface area contributed by atoms with Crippen molar-refractivity contribution >= 4 is 0 Å². The SMILES string of the molecule is CC[C@H](C)[NH+]1CC[NH+](CCCc2ccccc2)CC1. The summed E-state index contributed by atoms with van der Waals surface area (Å²) in [6.07, 6.45) is 3.89. The maximum atomic E-state index is 2.40. The van der Waals surface area contributed by atoms with Crippen molar-refractivity contribution in [2.45, 2.75) is 39.2 Å². The molecule has 0 saturated carbocycles. The molecule has 0 aliphatic carbocycles. The fourth-order valence-corrected chi connectivity index (χ4v) is 3.14. The van der Waals surface area contributed by atoms with Gasteiger partial charge in [0.1, 0.15) is 26.2 Å². The minimum atomic E-state index is 0.853. The highest BCUT2D eigenvalue weighted by Gasteiger charge is 2.25. The van der Waals surface area contributed by atoms with E-state index in [0.29, 0.717) is 0 Å². The summed E-state index contributed by atoms with van der Waals surface area (Å²) >= 11 is 0. The van der Waals surface area contributed by atoms with Gasteiger partial charge in [-0.25, -0.2) is 0 Å². The highest BCUT2D eigenvalue weighted by molar-refractivity contribution is 5.14. The van der Waals surface area contributed by atoms with E-state index >= 15 is 0 Å². The summed E-state index contributed by atoms with van der Waals surface area (Å²) in [6, 6.07) is 11.8. The van der Waals surface area contributed by atoms with Gasteiger partial charge in [-0.2, -0.15) is 0 Å². The Morgan fingerprint density at radius 2 is 1.74 bits per heavy atom. The average Bonchev–Trinajstić information content (AvgIpc) is 2.48. The molecule has 1 heterocycles. The molecule has 0 bridgehead atoms. The third-order valence-electron chi connectivity index (χ3n) is 4.75. The maximum absolute atomic E-state index is 2.40. The van der Waals surface area contributed by atoms with E-state index < -0.39 is 0 Å². The van der Waals surface area contributed by atoms with E-state index in [1.54, 1.807) is 0 Å². The second-order valence-electron chi connectivity index (χ2n) is 6.06. The van der Waals surface area contributed by atoms with Crippen LogP contribution in [0, 0.1) is 0 Å². The molecule has 2 rings (SSSR count). The van der Waals surface area contributed by atoms with Gasteiger partial charge in [-0.15, -0.1) is 0 Å². The van der Waals surface area contributed by atoms with Crippen LogP contribution in [0.5, 0.6) is 0 Å².